The number of anilines is 1. The Labute approximate surface area is 122 Å². The molecule has 116 valence electrons. The second-order valence-corrected chi connectivity index (χ2v) is 4.56. The predicted octanol–water partition coefficient (Wildman–Crippen LogP) is 2.54. The number of carbonyl (C=O) groups excluding carboxylic acids is 1. The fourth-order valence-electron chi connectivity index (χ4n) is 1.22. The van der Waals surface area contributed by atoms with Crippen LogP contribution >= 0.6 is 12.0 Å². The summed E-state index contributed by atoms with van der Waals surface area (Å²) in [5.74, 6) is -6.94. The van der Waals surface area contributed by atoms with Crippen molar-refractivity contribution in [3.63, 3.8) is 0 Å². The number of nitrogens with two attached hydrogens (primary N) is 1. The van der Waals surface area contributed by atoms with Crippen molar-refractivity contribution in [1.82, 2.24) is 5.32 Å². The van der Waals surface area contributed by atoms with Gasteiger partial charge in [-0.25, -0.2) is 17.6 Å². The maximum Gasteiger partial charge on any atom is 0.243 e. The summed E-state index contributed by atoms with van der Waals surface area (Å²) in [7, 11) is 0. The predicted molar refractivity (Wildman–Crippen MR) is 70.3 cm³/mol. The first-order valence-corrected chi connectivity index (χ1v) is 6.45. The molecular formula is C12H12F4N2O2S. The van der Waals surface area contributed by atoms with E-state index in [0.717, 1.165) is 6.08 Å². The van der Waals surface area contributed by atoms with Gasteiger partial charge in [0.1, 0.15) is 10.6 Å². The minimum Gasteiger partial charge on any atom is -0.394 e. The number of carbonyl (C=O) groups is 1. The SMILES string of the molecule is C=CC(=O)NCCCOSc1c(F)c(F)c(N)c(F)c1F. The highest BCUT2D eigenvalue weighted by molar-refractivity contribution is 7.94. The Morgan fingerprint density at radius 2 is 1.81 bits per heavy atom. The largest absolute Gasteiger partial charge is 0.394 e. The van der Waals surface area contributed by atoms with Gasteiger partial charge in [0.05, 0.1) is 6.61 Å². The number of benzene rings is 1. The third-order valence-corrected chi connectivity index (χ3v) is 3.10. The zero-order valence-electron chi connectivity index (χ0n) is 10.7. The molecule has 0 heterocycles. The van der Waals surface area contributed by atoms with Gasteiger partial charge in [0.15, 0.2) is 23.3 Å². The Balaban J connectivity index is 2.53. The van der Waals surface area contributed by atoms with Crippen LogP contribution in [0, 0.1) is 23.3 Å². The van der Waals surface area contributed by atoms with Crippen LogP contribution in [0.2, 0.25) is 0 Å². The van der Waals surface area contributed by atoms with E-state index in [2.05, 4.69) is 11.9 Å². The number of halogens is 4. The van der Waals surface area contributed by atoms with Gasteiger partial charge >= 0.3 is 0 Å². The molecule has 0 unspecified atom stereocenters. The van der Waals surface area contributed by atoms with Crippen LogP contribution in [0.1, 0.15) is 6.42 Å². The molecule has 0 spiro atoms. The lowest BCUT2D eigenvalue weighted by atomic mass is 10.2. The molecule has 0 bridgehead atoms. The molecule has 1 rings (SSSR count). The number of hydrogen-bond acceptors (Lipinski definition) is 4. The smallest absolute Gasteiger partial charge is 0.243 e. The van der Waals surface area contributed by atoms with Gasteiger partial charge in [0.2, 0.25) is 5.91 Å². The Hall–Kier alpha value is -1.74. The molecule has 0 saturated carbocycles. The van der Waals surface area contributed by atoms with Crippen LogP contribution in [-0.4, -0.2) is 19.1 Å². The first-order chi connectivity index (χ1) is 9.90. The highest BCUT2D eigenvalue weighted by atomic mass is 32.2. The highest BCUT2D eigenvalue weighted by Gasteiger charge is 2.24. The molecule has 21 heavy (non-hydrogen) atoms. The van der Waals surface area contributed by atoms with Gasteiger partial charge in [0, 0.05) is 18.6 Å². The number of nitrogens with one attached hydrogen (secondary N) is 1. The fourth-order valence-corrected chi connectivity index (χ4v) is 1.86. The van der Waals surface area contributed by atoms with Crippen molar-refractivity contribution in [2.45, 2.75) is 11.3 Å². The third kappa shape index (κ3) is 4.36. The topological polar surface area (TPSA) is 64.3 Å². The molecule has 0 aliphatic carbocycles. The van der Waals surface area contributed by atoms with Gasteiger partial charge in [-0.1, -0.05) is 6.58 Å². The molecule has 9 heteroatoms. The molecule has 0 aromatic heterocycles. The number of hydrogen-bond donors (Lipinski definition) is 2. The molecule has 0 fully saturated rings. The van der Waals surface area contributed by atoms with Crippen molar-refractivity contribution in [3.8, 4) is 0 Å². The van der Waals surface area contributed by atoms with Crippen molar-refractivity contribution in [1.29, 1.82) is 0 Å². The zero-order chi connectivity index (χ0) is 16.0. The van der Waals surface area contributed by atoms with E-state index >= 15 is 0 Å². The normalized spacial score (nSPS) is 10.5. The van der Waals surface area contributed by atoms with Gasteiger partial charge in [-0.15, -0.1) is 0 Å². The number of nitrogen functional groups attached to an aromatic ring is 1. The monoisotopic (exact) mass is 324 g/mol. The molecule has 0 atom stereocenters. The van der Waals surface area contributed by atoms with Crippen LogP contribution in [0.25, 0.3) is 0 Å². The third-order valence-electron chi connectivity index (χ3n) is 2.29. The summed E-state index contributed by atoms with van der Waals surface area (Å²) in [5, 5.41) is 2.45. The molecule has 3 N–H and O–H groups in total. The maximum absolute atomic E-state index is 13.4. The second kappa shape index (κ2) is 7.89. The van der Waals surface area contributed by atoms with Crippen molar-refractivity contribution in [2.75, 3.05) is 18.9 Å². The summed E-state index contributed by atoms with van der Waals surface area (Å²) in [6.07, 6.45) is 1.41. The van der Waals surface area contributed by atoms with Crippen molar-refractivity contribution < 1.29 is 26.5 Å². The number of rotatable bonds is 7. The summed E-state index contributed by atoms with van der Waals surface area (Å²) < 4.78 is 57.9. The molecular weight excluding hydrogens is 312 g/mol. The van der Waals surface area contributed by atoms with E-state index in [1.165, 1.54) is 0 Å². The molecule has 1 aromatic carbocycles. The van der Waals surface area contributed by atoms with E-state index in [-0.39, 0.29) is 31.1 Å². The van der Waals surface area contributed by atoms with E-state index in [0.29, 0.717) is 6.42 Å². The molecule has 1 aromatic rings. The molecule has 1 amide bonds. The van der Waals surface area contributed by atoms with Gasteiger partial charge < -0.3 is 15.2 Å². The minimum atomic E-state index is -1.67. The zero-order valence-corrected chi connectivity index (χ0v) is 11.5. The standard InChI is InChI=1S/C12H12F4N2O2S/c1-2-6(19)18-4-3-5-20-21-12-9(15)7(13)11(17)8(14)10(12)16/h2H,1,3-5,17H2,(H,18,19). The first kappa shape index (κ1) is 17.3. The van der Waals surface area contributed by atoms with Crippen LogP contribution in [-0.2, 0) is 8.98 Å². The van der Waals surface area contributed by atoms with Crippen LogP contribution in [0.4, 0.5) is 23.2 Å². The summed E-state index contributed by atoms with van der Waals surface area (Å²) in [6, 6.07) is 0. The lowest BCUT2D eigenvalue weighted by Gasteiger charge is -2.09. The van der Waals surface area contributed by atoms with Gasteiger partial charge in [-0.2, -0.15) is 0 Å². The van der Waals surface area contributed by atoms with E-state index in [1.54, 1.807) is 0 Å². The lowest BCUT2D eigenvalue weighted by molar-refractivity contribution is -0.116. The Morgan fingerprint density at radius 3 is 2.33 bits per heavy atom. The average molecular weight is 324 g/mol. The Bertz CT molecular complexity index is 526. The fraction of sp³-hybridized carbons (Fsp3) is 0.250. The second-order valence-electron chi connectivity index (χ2n) is 3.75. The van der Waals surface area contributed by atoms with Crippen LogP contribution in [0.3, 0.4) is 0 Å². The van der Waals surface area contributed by atoms with Crippen LogP contribution in [0.15, 0.2) is 17.6 Å². The summed E-state index contributed by atoms with van der Waals surface area (Å²) in [4.78, 5) is 9.84. The van der Waals surface area contributed by atoms with Crippen molar-refractivity contribution in [3.05, 3.63) is 35.9 Å². The van der Waals surface area contributed by atoms with E-state index < -0.39 is 33.9 Å². The minimum absolute atomic E-state index is 0.00537. The molecule has 0 saturated heterocycles. The highest BCUT2D eigenvalue weighted by Crippen LogP contribution is 2.33. The average Bonchev–Trinajstić information content (AvgIpc) is 2.49. The number of amides is 1. The van der Waals surface area contributed by atoms with Crippen molar-refractivity contribution in [2.24, 2.45) is 0 Å². The summed E-state index contributed by atoms with van der Waals surface area (Å²) >= 11 is 0.157. The molecule has 0 aliphatic heterocycles. The lowest BCUT2D eigenvalue weighted by Crippen LogP contribution is -2.22. The summed E-state index contributed by atoms with van der Waals surface area (Å²) in [6.45, 7) is 3.49. The van der Waals surface area contributed by atoms with E-state index in [9.17, 15) is 22.4 Å². The maximum atomic E-state index is 13.4. The Kier molecular flexibility index (Phi) is 6.50. The molecule has 0 aliphatic rings. The summed E-state index contributed by atoms with van der Waals surface area (Å²) in [5.41, 5.74) is 3.64. The quantitative estimate of drug-likeness (QED) is 0.202. The van der Waals surface area contributed by atoms with Crippen LogP contribution in [0.5, 0.6) is 0 Å². The van der Waals surface area contributed by atoms with Crippen LogP contribution < -0.4 is 11.1 Å². The molecule has 4 nitrogen and oxygen atoms in total. The van der Waals surface area contributed by atoms with Gasteiger partial charge in [-0.05, 0) is 12.5 Å². The van der Waals surface area contributed by atoms with Gasteiger partial charge in [0.25, 0.3) is 0 Å². The first-order valence-electron chi connectivity index (χ1n) is 5.71. The molecule has 0 radical (unpaired) electrons. The van der Waals surface area contributed by atoms with E-state index in [4.69, 9.17) is 9.92 Å². The van der Waals surface area contributed by atoms with Crippen molar-refractivity contribution >= 4 is 23.6 Å². The van der Waals surface area contributed by atoms with Gasteiger partial charge in [-0.3, -0.25) is 4.79 Å². The Morgan fingerprint density at radius 1 is 1.24 bits per heavy atom. The van der Waals surface area contributed by atoms with E-state index in [1.807, 2.05) is 0 Å².